The molecule has 0 aromatic heterocycles. The molecule has 1 heterocycles. The molecule has 1 amide bonds. The molecule has 1 saturated heterocycles. The first-order valence-corrected chi connectivity index (χ1v) is 10.3. The summed E-state index contributed by atoms with van der Waals surface area (Å²) < 4.78 is 31.7. The zero-order valence-electron chi connectivity index (χ0n) is 15.4. The number of ether oxygens (including phenoxy) is 1. The highest BCUT2D eigenvalue weighted by molar-refractivity contribution is 7.89. The van der Waals surface area contributed by atoms with Crippen molar-refractivity contribution in [2.24, 2.45) is 5.73 Å². The number of nitrogens with one attached hydrogen (secondary N) is 1. The zero-order valence-corrected chi connectivity index (χ0v) is 16.2. The third-order valence-corrected chi connectivity index (χ3v) is 6.10. The molecule has 24 heavy (non-hydrogen) atoms. The Hall–Kier alpha value is -0.860. The summed E-state index contributed by atoms with van der Waals surface area (Å²) in [5, 5.41) is 1.97. The van der Waals surface area contributed by atoms with Crippen LogP contribution in [0.15, 0.2) is 0 Å². The molecule has 1 unspecified atom stereocenters. The number of hydrogen-bond donors (Lipinski definition) is 2. The Morgan fingerprint density at radius 1 is 1.29 bits per heavy atom. The number of rotatable bonds is 7. The van der Waals surface area contributed by atoms with Crippen LogP contribution in [-0.4, -0.2) is 48.9 Å². The Morgan fingerprint density at radius 2 is 1.88 bits per heavy atom. The molecule has 1 fully saturated rings. The van der Waals surface area contributed by atoms with Crippen LogP contribution < -0.4 is 11.1 Å². The minimum atomic E-state index is -3.46. The second kappa shape index (κ2) is 9.01. The molecule has 0 spiro atoms. The lowest BCUT2D eigenvalue weighted by atomic mass is 10.1. The van der Waals surface area contributed by atoms with Gasteiger partial charge in [-0.05, 0) is 40.0 Å². The molecule has 0 aromatic rings. The van der Waals surface area contributed by atoms with E-state index >= 15 is 0 Å². The van der Waals surface area contributed by atoms with Gasteiger partial charge in [0.1, 0.15) is 11.0 Å². The van der Waals surface area contributed by atoms with Gasteiger partial charge in [-0.15, -0.1) is 0 Å². The maximum absolute atomic E-state index is 12.5. The Balaban J connectivity index is 2.45. The van der Waals surface area contributed by atoms with Crippen molar-refractivity contribution in [2.45, 2.75) is 83.2 Å². The van der Waals surface area contributed by atoms with Crippen molar-refractivity contribution in [3.63, 3.8) is 0 Å². The van der Waals surface area contributed by atoms with Gasteiger partial charge >= 0.3 is 6.09 Å². The largest absolute Gasteiger partial charge is 0.444 e. The van der Waals surface area contributed by atoms with Gasteiger partial charge in [-0.2, -0.15) is 0 Å². The topological polar surface area (TPSA) is 102 Å². The Kier molecular flexibility index (Phi) is 7.95. The van der Waals surface area contributed by atoms with Gasteiger partial charge in [0.25, 0.3) is 0 Å². The predicted molar refractivity (Wildman–Crippen MR) is 95.0 cm³/mol. The number of sulfonamides is 1. The fourth-order valence-corrected chi connectivity index (χ4v) is 4.23. The van der Waals surface area contributed by atoms with Crippen molar-refractivity contribution in [1.82, 2.24) is 9.62 Å². The Morgan fingerprint density at radius 3 is 2.38 bits per heavy atom. The summed E-state index contributed by atoms with van der Waals surface area (Å²) in [6.45, 7) is 8.25. The highest BCUT2D eigenvalue weighted by Gasteiger charge is 2.33. The predicted octanol–water partition coefficient (Wildman–Crippen LogP) is 2.17. The van der Waals surface area contributed by atoms with Crippen molar-refractivity contribution in [3.05, 3.63) is 0 Å². The lowest BCUT2D eigenvalue weighted by Gasteiger charge is -2.33. The van der Waals surface area contributed by atoms with Crippen molar-refractivity contribution in [2.75, 3.05) is 13.1 Å². The van der Waals surface area contributed by atoms with E-state index in [9.17, 15) is 13.2 Å². The molecule has 0 saturated carbocycles. The Labute approximate surface area is 146 Å². The van der Waals surface area contributed by atoms with Crippen LogP contribution in [0.3, 0.4) is 0 Å². The smallest absolute Gasteiger partial charge is 0.407 e. The van der Waals surface area contributed by atoms with Crippen LogP contribution >= 0.6 is 0 Å². The van der Waals surface area contributed by atoms with Crippen LogP contribution in [-0.2, 0) is 14.8 Å². The summed E-state index contributed by atoms with van der Waals surface area (Å²) in [6, 6.07) is -0.0670. The van der Waals surface area contributed by atoms with E-state index in [0.717, 1.165) is 19.3 Å². The molecule has 1 atom stereocenters. The molecular weight excluding hydrogens is 330 g/mol. The normalized spacial score (nSPS) is 19.0. The maximum Gasteiger partial charge on any atom is 0.407 e. The van der Waals surface area contributed by atoms with Crippen molar-refractivity contribution in [1.29, 1.82) is 0 Å². The number of nitrogens with two attached hydrogens (primary N) is 1. The van der Waals surface area contributed by atoms with Crippen molar-refractivity contribution < 1.29 is 17.9 Å². The van der Waals surface area contributed by atoms with Crippen LogP contribution in [0.1, 0.15) is 66.2 Å². The second-order valence-corrected chi connectivity index (χ2v) is 9.55. The summed E-state index contributed by atoms with van der Waals surface area (Å²) in [5.41, 5.74) is 5.35. The monoisotopic (exact) mass is 363 g/mol. The van der Waals surface area contributed by atoms with Gasteiger partial charge in [-0.25, -0.2) is 17.5 Å². The highest BCUT2D eigenvalue weighted by atomic mass is 32.2. The van der Waals surface area contributed by atoms with Crippen LogP contribution in [0, 0.1) is 0 Å². The van der Waals surface area contributed by atoms with Gasteiger partial charge in [0, 0.05) is 19.1 Å². The van der Waals surface area contributed by atoms with E-state index in [1.807, 2.05) is 20.8 Å². The summed E-state index contributed by atoms with van der Waals surface area (Å²) >= 11 is 0. The molecule has 0 aromatic carbocycles. The number of alkyl carbamates (subject to hydrolysis) is 1. The van der Waals surface area contributed by atoms with Crippen LogP contribution in [0.2, 0.25) is 0 Å². The number of unbranched alkanes of at least 4 members (excludes halogenated alkanes) is 2. The number of amides is 1. The first kappa shape index (κ1) is 21.2. The van der Waals surface area contributed by atoms with E-state index in [-0.39, 0.29) is 6.04 Å². The number of nitrogens with zero attached hydrogens (tertiary/aromatic N) is 1. The second-order valence-electron chi connectivity index (χ2n) is 7.40. The molecular formula is C16H33N3O4S. The van der Waals surface area contributed by atoms with Crippen molar-refractivity contribution >= 4 is 16.1 Å². The minimum absolute atomic E-state index is 0.0670. The van der Waals surface area contributed by atoms with E-state index in [0.29, 0.717) is 32.4 Å². The summed E-state index contributed by atoms with van der Waals surface area (Å²) in [4.78, 5) is 11.8. The zero-order chi connectivity index (χ0) is 18.4. The fraction of sp³-hybridized carbons (Fsp3) is 0.938. The number of carbonyl (C=O) groups excluding carboxylic acids is 1. The summed E-state index contributed by atoms with van der Waals surface area (Å²) in [5.74, 6) is 0. The van der Waals surface area contributed by atoms with E-state index in [1.54, 1.807) is 0 Å². The molecule has 1 aliphatic heterocycles. The molecule has 1 rings (SSSR count). The minimum Gasteiger partial charge on any atom is -0.444 e. The molecule has 0 aliphatic carbocycles. The average Bonchev–Trinajstić information content (AvgIpc) is 2.45. The third-order valence-electron chi connectivity index (χ3n) is 4.01. The highest BCUT2D eigenvalue weighted by Crippen LogP contribution is 2.19. The van der Waals surface area contributed by atoms with Crippen LogP contribution in [0.25, 0.3) is 0 Å². The fourth-order valence-electron chi connectivity index (χ4n) is 2.66. The summed E-state index contributed by atoms with van der Waals surface area (Å²) in [7, 11) is -3.46. The molecule has 3 N–H and O–H groups in total. The Bertz CT molecular complexity index is 494. The quantitative estimate of drug-likeness (QED) is 0.675. The third kappa shape index (κ3) is 6.94. The lowest BCUT2D eigenvalue weighted by molar-refractivity contribution is 0.0489. The number of hydrogen-bond acceptors (Lipinski definition) is 5. The molecule has 0 bridgehead atoms. The van der Waals surface area contributed by atoms with Crippen molar-refractivity contribution in [3.8, 4) is 0 Å². The number of piperidine rings is 1. The van der Waals surface area contributed by atoms with Crippen LogP contribution in [0.4, 0.5) is 4.79 Å². The molecule has 8 heteroatoms. The molecule has 142 valence electrons. The van der Waals surface area contributed by atoms with Gasteiger partial charge in [0.15, 0.2) is 0 Å². The van der Waals surface area contributed by atoms with Crippen LogP contribution in [0.5, 0.6) is 0 Å². The van der Waals surface area contributed by atoms with E-state index in [2.05, 4.69) is 12.2 Å². The molecule has 1 aliphatic rings. The van der Waals surface area contributed by atoms with E-state index in [1.165, 1.54) is 4.31 Å². The average molecular weight is 364 g/mol. The van der Waals surface area contributed by atoms with Gasteiger partial charge in [0.2, 0.25) is 10.0 Å². The first-order chi connectivity index (χ1) is 11.1. The molecule has 7 nitrogen and oxygen atoms in total. The summed E-state index contributed by atoms with van der Waals surface area (Å²) in [6.07, 6.45) is 4.03. The van der Waals surface area contributed by atoms with Gasteiger partial charge in [-0.3, -0.25) is 0 Å². The standard InChI is InChI=1S/C16H33N3O4S/c1-5-6-7-8-14(17)24(21,22)19-11-9-13(10-12-19)18-15(20)23-16(2,3)4/h13-14H,5-12,17H2,1-4H3,(H,18,20). The van der Waals surface area contributed by atoms with Gasteiger partial charge < -0.3 is 15.8 Å². The van der Waals surface area contributed by atoms with Gasteiger partial charge in [-0.1, -0.05) is 26.2 Å². The SMILES string of the molecule is CCCCCC(N)S(=O)(=O)N1CCC(NC(=O)OC(C)(C)C)CC1. The van der Waals surface area contributed by atoms with E-state index in [4.69, 9.17) is 10.5 Å². The number of carbonyl (C=O) groups is 1. The van der Waals surface area contributed by atoms with E-state index < -0.39 is 27.1 Å². The first-order valence-electron chi connectivity index (χ1n) is 8.80. The molecule has 0 radical (unpaired) electrons. The maximum atomic E-state index is 12.5. The van der Waals surface area contributed by atoms with Gasteiger partial charge in [0.05, 0.1) is 0 Å². The lowest BCUT2D eigenvalue weighted by Crippen LogP contribution is -2.51.